The van der Waals surface area contributed by atoms with Gasteiger partial charge in [-0.05, 0) is 23.3 Å². The SMILES string of the molecule is CC1CN(C(CN)C(C)c2ccccc2)CC1C. The Kier molecular flexibility index (Phi) is 4.41. The van der Waals surface area contributed by atoms with Crippen LogP contribution in [-0.2, 0) is 0 Å². The largest absolute Gasteiger partial charge is 0.329 e. The number of likely N-dealkylation sites (tertiary alicyclic amines) is 1. The highest BCUT2D eigenvalue weighted by Crippen LogP contribution is 2.29. The number of nitrogens with two attached hydrogens (primary N) is 1. The van der Waals surface area contributed by atoms with Crippen LogP contribution in [0, 0.1) is 11.8 Å². The Morgan fingerprint density at radius 3 is 2.22 bits per heavy atom. The highest BCUT2D eigenvalue weighted by atomic mass is 15.2. The molecule has 0 amide bonds. The van der Waals surface area contributed by atoms with Crippen LogP contribution in [0.2, 0.25) is 0 Å². The minimum atomic E-state index is 0.472. The smallest absolute Gasteiger partial charge is 0.0284 e. The summed E-state index contributed by atoms with van der Waals surface area (Å²) in [6.45, 7) is 10.1. The van der Waals surface area contributed by atoms with Gasteiger partial charge < -0.3 is 5.73 Å². The molecule has 1 aliphatic rings. The van der Waals surface area contributed by atoms with E-state index >= 15 is 0 Å². The monoisotopic (exact) mass is 246 g/mol. The Bertz CT molecular complexity index is 353. The molecule has 18 heavy (non-hydrogen) atoms. The molecule has 2 heteroatoms. The van der Waals surface area contributed by atoms with Crippen LogP contribution in [0.3, 0.4) is 0 Å². The average Bonchev–Trinajstić information content (AvgIpc) is 2.71. The van der Waals surface area contributed by atoms with Crippen molar-refractivity contribution in [2.24, 2.45) is 17.6 Å². The lowest BCUT2D eigenvalue weighted by Crippen LogP contribution is -2.42. The van der Waals surface area contributed by atoms with Gasteiger partial charge in [0.15, 0.2) is 0 Å². The second-order valence-electron chi connectivity index (χ2n) is 5.91. The van der Waals surface area contributed by atoms with Gasteiger partial charge in [0.1, 0.15) is 0 Å². The van der Waals surface area contributed by atoms with Crippen LogP contribution < -0.4 is 5.73 Å². The van der Waals surface area contributed by atoms with Crippen LogP contribution in [-0.4, -0.2) is 30.6 Å². The lowest BCUT2D eigenvalue weighted by Gasteiger charge is -2.32. The van der Waals surface area contributed by atoms with Gasteiger partial charge in [-0.1, -0.05) is 51.1 Å². The van der Waals surface area contributed by atoms with E-state index in [0.29, 0.717) is 12.0 Å². The third-order valence-corrected chi connectivity index (χ3v) is 4.63. The molecule has 0 radical (unpaired) electrons. The predicted molar refractivity (Wildman–Crippen MR) is 77.6 cm³/mol. The summed E-state index contributed by atoms with van der Waals surface area (Å²) in [5, 5.41) is 0. The Hall–Kier alpha value is -0.860. The molecule has 1 heterocycles. The third-order valence-electron chi connectivity index (χ3n) is 4.63. The molecule has 0 aliphatic carbocycles. The van der Waals surface area contributed by atoms with Gasteiger partial charge in [0.05, 0.1) is 0 Å². The van der Waals surface area contributed by atoms with Crippen molar-refractivity contribution in [3.8, 4) is 0 Å². The molecule has 1 aliphatic heterocycles. The fourth-order valence-corrected chi connectivity index (χ4v) is 3.09. The first kappa shape index (κ1) is 13.6. The highest BCUT2D eigenvalue weighted by molar-refractivity contribution is 5.21. The predicted octanol–water partition coefficient (Wildman–Crippen LogP) is 2.71. The van der Waals surface area contributed by atoms with Gasteiger partial charge in [0.25, 0.3) is 0 Å². The summed E-state index contributed by atoms with van der Waals surface area (Å²) < 4.78 is 0. The molecule has 0 spiro atoms. The number of hydrogen-bond donors (Lipinski definition) is 1. The van der Waals surface area contributed by atoms with Crippen LogP contribution in [0.1, 0.15) is 32.3 Å². The Morgan fingerprint density at radius 2 is 1.72 bits per heavy atom. The van der Waals surface area contributed by atoms with E-state index in [0.717, 1.165) is 18.4 Å². The number of rotatable bonds is 4. The number of benzene rings is 1. The maximum absolute atomic E-state index is 6.04. The zero-order chi connectivity index (χ0) is 13.1. The summed E-state index contributed by atoms with van der Waals surface area (Å²) in [5.74, 6) is 2.10. The molecule has 1 aromatic rings. The van der Waals surface area contributed by atoms with Gasteiger partial charge in [0.2, 0.25) is 0 Å². The molecule has 2 nitrogen and oxygen atoms in total. The van der Waals surface area contributed by atoms with Crippen LogP contribution in [0.25, 0.3) is 0 Å². The Balaban J connectivity index is 2.09. The van der Waals surface area contributed by atoms with Gasteiger partial charge in [-0.3, -0.25) is 4.90 Å². The van der Waals surface area contributed by atoms with E-state index in [9.17, 15) is 0 Å². The van der Waals surface area contributed by atoms with Crippen LogP contribution >= 0.6 is 0 Å². The standard InChI is InChI=1S/C16H26N2/c1-12-10-18(11-13(12)2)16(9-17)14(3)15-7-5-4-6-8-15/h4-8,12-14,16H,9-11,17H2,1-3H3. The molecule has 1 fully saturated rings. The first-order chi connectivity index (χ1) is 8.63. The summed E-state index contributed by atoms with van der Waals surface area (Å²) in [6, 6.07) is 11.2. The van der Waals surface area contributed by atoms with E-state index in [1.54, 1.807) is 0 Å². The zero-order valence-corrected chi connectivity index (χ0v) is 11.8. The van der Waals surface area contributed by atoms with Gasteiger partial charge in [-0.15, -0.1) is 0 Å². The van der Waals surface area contributed by atoms with Crippen molar-refractivity contribution in [3.63, 3.8) is 0 Å². The summed E-state index contributed by atoms with van der Waals surface area (Å²) in [7, 11) is 0. The minimum Gasteiger partial charge on any atom is -0.329 e. The van der Waals surface area contributed by atoms with Crippen molar-refractivity contribution in [1.82, 2.24) is 4.90 Å². The molecule has 2 rings (SSSR count). The van der Waals surface area contributed by atoms with Crippen LogP contribution in [0.4, 0.5) is 0 Å². The number of hydrogen-bond acceptors (Lipinski definition) is 2. The number of nitrogens with zero attached hydrogens (tertiary/aromatic N) is 1. The van der Waals surface area contributed by atoms with Gasteiger partial charge in [-0.25, -0.2) is 0 Å². The molecule has 4 unspecified atom stereocenters. The van der Waals surface area contributed by atoms with Gasteiger partial charge >= 0.3 is 0 Å². The van der Waals surface area contributed by atoms with Crippen molar-refractivity contribution >= 4 is 0 Å². The quantitative estimate of drug-likeness (QED) is 0.885. The van der Waals surface area contributed by atoms with Crippen LogP contribution in [0.15, 0.2) is 30.3 Å². The summed E-state index contributed by atoms with van der Waals surface area (Å²) in [6.07, 6.45) is 0. The van der Waals surface area contributed by atoms with E-state index in [4.69, 9.17) is 5.73 Å². The van der Waals surface area contributed by atoms with Crippen molar-refractivity contribution < 1.29 is 0 Å². The van der Waals surface area contributed by atoms with Gasteiger partial charge in [0, 0.05) is 25.7 Å². The van der Waals surface area contributed by atoms with E-state index < -0.39 is 0 Å². The molecule has 4 atom stereocenters. The summed E-state index contributed by atoms with van der Waals surface area (Å²) in [5.41, 5.74) is 7.44. The average molecular weight is 246 g/mol. The van der Waals surface area contributed by atoms with Crippen molar-refractivity contribution in [2.45, 2.75) is 32.7 Å². The third kappa shape index (κ3) is 2.76. The lowest BCUT2D eigenvalue weighted by molar-refractivity contribution is 0.211. The van der Waals surface area contributed by atoms with E-state index in [2.05, 4.69) is 56.0 Å². The minimum absolute atomic E-state index is 0.472. The fraction of sp³-hybridized carbons (Fsp3) is 0.625. The molecule has 0 aromatic heterocycles. The second kappa shape index (κ2) is 5.85. The van der Waals surface area contributed by atoms with E-state index in [1.807, 2.05) is 0 Å². The Labute approximate surface area is 111 Å². The zero-order valence-electron chi connectivity index (χ0n) is 11.8. The molecule has 1 saturated heterocycles. The topological polar surface area (TPSA) is 29.3 Å². The molecule has 0 bridgehead atoms. The molecule has 100 valence electrons. The maximum Gasteiger partial charge on any atom is 0.0284 e. The molecule has 1 aromatic carbocycles. The highest BCUT2D eigenvalue weighted by Gasteiger charge is 2.33. The van der Waals surface area contributed by atoms with Crippen molar-refractivity contribution in [2.75, 3.05) is 19.6 Å². The molecule has 0 saturated carbocycles. The maximum atomic E-state index is 6.04. The lowest BCUT2D eigenvalue weighted by atomic mass is 9.92. The van der Waals surface area contributed by atoms with Gasteiger partial charge in [-0.2, -0.15) is 0 Å². The summed E-state index contributed by atoms with van der Waals surface area (Å²) in [4.78, 5) is 2.59. The molecule has 2 N–H and O–H groups in total. The fourth-order valence-electron chi connectivity index (χ4n) is 3.09. The Morgan fingerprint density at radius 1 is 1.17 bits per heavy atom. The first-order valence-corrected chi connectivity index (χ1v) is 7.12. The van der Waals surface area contributed by atoms with Crippen LogP contribution in [0.5, 0.6) is 0 Å². The first-order valence-electron chi connectivity index (χ1n) is 7.12. The van der Waals surface area contributed by atoms with E-state index in [-0.39, 0.29) is 0 Å². The second-order valence-corrected chi connectivity index (χ2v) is 5.91. The van der Waals surface area contributed by atoms with Crippen molar-refractivity contribution in [1.29, 1.82) is 0 Å². The molecular formula is C16H26N2. The van der Waals surface area contributed by atoms with E-state index in [1.165, 1.54) is 18.7 Å². The summed E-state index contributed by atoms with van der Waals surface area (Å²) >= 11 is 0. The molecular weight excluding hydrogens is 220 g/mol. The normalized spacial score (nSPS) is 28.2. The van der Waals surface area contributed by atoms with Crippen molar-refractivity contribution in [3.05, 3.63) is 35.9 Å².